The third-order valence-electron chi connectivity index (χ3n) is 5.17. The van der Waals surface area contributed by atoms with Crippen LogP contribution < -0.4 is 0 Å². The summed E-state index contributed by atoms with van der Waals surface area (Å²) in [5, 5.41) is 11.8. The molecule has 1 saturated heterocycles. The van der Waals surface area contributed by atoms with Crippen LogP contribution >= 0.6 is 0 Å². The molecule has 3 rings (SSSR count). The number of nitrogens with zero attached hydrogens (tertiary/aromatic N) is 2. The van der Waals surface area contributed by atoms with Crippen molar-refractivity contribution in [2.75, 3.05) is 20.1 Å². The van der Waals surface area contributed by atoms with Crippen molar-refractivity contribution in [3.63, 3.8) is 0 Å². The Hall–Kier alpha value is -1.71. The molecule has 1 aromatic carbocycles. The molecule has 3 atom stereocenters. The number of pyridine rings is 1. The number of aliphatic hydroxyl groups excluding tert-OH is 1. The van der Waals surface area contributed by atoms with Crippen molar-refractivity contribution in [2.24, 2.45) is 11.8 Å². The maximum absolute atomic E-state index is 10.7. The van der Waals surface area contributed by atoms with Crippen LogP contribution in [-0.2, 0) is 0 Å². The highest BCUT2D eigenvalue weighted by Crippen LogP contribution is 2.32. The zero-order valence-electron chi connectivity index (χ0n) is 13.9. The fourth-order valence-corrected chi connectivity index (χ4v) is 3.76. The van der Waals surface area contributed by atoms with E-state index in [4.69, 9.17) is 0 Å². The van der Waals surface area contributed by atoms with Crippen molar-refractivity contribution >= 4 is 10.9 Å². The number of rotatable bonds is 5. The van der Waals surface area contributed by atoms with Gasteiger partial charge in [-0.25, -0.2) is 0 Å². The Bertz CT molecular complexity index is 664. The highest BCUT2D eigenvalue weighted by molar-refractivity contribution is 5.82. The van der Waals surface area contributed by atoms with Crippen molar-refractivity contribution in [3.8, 4) is 0 Å². The first kappa shape index (κ1) is 16.2. The lowest BCUT2D eigenvalue weighted by Gasteiger charge is -2.35. The van der Waals surface area contributed by atoms with Gasteiger partial charge in [0.05, 0.1) is 11.6 Å². The summed E-state index contributed by atoms with van der Waals surface area (Å²) in [5.41, 5.74) is 1.95. The highest BCUT2D eigenvalue weighted by Gasteiger charge is 2.26. The molecular formula is C20H26N2O. The van der Waals surface area contributed by atoms with E-state index in [1.807, 2.05) is 30.3 Å². The molecule has 122 valence electrons. The Balaban J connectivity index is 1.69. The molecule has 3 heteroatoms. The van der Waals surface area contributed by atoms with Crippen molar-refractivity contribution < 1.29 is 5.11 Å². The van der Waals surface area contributed by atoms with Gasteiger partial charge in [-0.05, 0) is 62.4 Å². The van der Waals surface area contributed by atoms with Crippen LogP contribution in [0.25, 0.3) is 10.9 Å². The lowest BCUT2D eigenvalue weighted by Crippen LogP contribution is -2.37. The number of benzene rings is 1. The number of likely N-dealkylation sites (tertiary alicyclic amines) is 1. The van der Waals surface area contributed by atoms with E-state index in [0.717, 1.165) is 42.4 Å². The summed E-state index contributed by atoms with van der Waals surface area (Å²) in [4.78, 5) is 6.75. The largest absolute Gasteiger partial charge is 0.388 e. The molecule has 1 fully saturated rings. The Kier molecular flexibility index (Phi) is 5.09. The molecule has 0 aliphatic carbocycles. The van der Waals surface area contributed by atoms with Gasteiger partial charge in [-0.15, -0.1) is 6.58 Å². The molecule has 2 heterocycles. The van der Waals surface area contributed by atoms with Crippen LogP contribution in [0.1, 0.15) is 30.9 Å². The van der Waals surface area contributed by atoms with Gasteiger partial charge in [0.25, 0.3) is 0 Å². The van der Waals surface area contributed by atoms with Crippen molar-refractivity contribution in [1.82, 2.24) is 9.88 Å². The van der Waals surface area contributed by atoms with E-state index in [1.54, 1.807) is 6.20 Å². The van der Waals surface area contributed by atoms with Gasteiger partial charge in [0.15, 0.2) is 0 Å². The Morgan fingerprint density at radius 1 is 1.39 bits per heavy atom. The number of hydrogen-bond donors (Lipinski definition) is 1. The lowest BCUT2D eigenvalue weighted by molar-refractivity contribution is 0.124. The number of fused-ring (bicyclic) bond motifs is 1. The third-order valence-corrected chi connectivity index (χ3v) is 5.17. The molecular weight excluding hydrogens is 284 g/mol. The number of aromatic nitrogens is 1. The summed E-state index contributed by atoms with van der Waals surface area (Å²) in [6, 6.07) is 9.98. The van der Waals surface area contributed by atoms with Crippen LogP contribution in [0.2, 0.25) is 0 Å². The van der Waals surface area contributed by atoms with E-state index in [9.17, 15) is 5.11 Å². The summed E-state index contributed by atoms with van der Waals surface area (Å²) in [7, 11) is 2.17. The first-order valence-electron chi connectivity index (χ1n) is 8.52. The van der Waals surface area contributed by atoms with Crippen LogP contribution in [-0.4, -0.2) is 35.1 Å². The molecule has 1 aliphatic heterocycles. The summed E-state index contributed by atoms with van der Waals surface area (Å²) < 4.78 is 0. The van der Waals surface area contributed by atoms with E-state index in [1.165, 1.54) is 6.42 Å². The molecule has 0 saturated carbocycles. The molecule has 1 aliphatic rings. The average Bonchev–Trinajstić information content (AvgIpc) is 2.59. The van der Waals surface area contributed by atoms with Crippen LogP contribution in [0.15, 0.2) is 49.2 Å². The lowest BCUT2D eigenvalue weighted by atomic mass is 9.81. The predicted molar refractivity (Wildman–Crippen MR) is 95.2 cm³/mol. The molecule has 0 bridgehead atoms. The number of hydrogen-bond acceptors (Lipinski definition) is 3. The number of piperidine rings is 1. The van der Waals surface area contributed by atoms with Gasteiger partial charge in [-0.1, -0.05) is 24.3 Å². The quantitative estimate of drug-likeness (QED) is 0.853. The summed E-state index contributed by atoms with van der Waals surface area (Å²) in [6.45, 7) is 6.23. The molecule has 1 N–H and O–H groups in total. The smallest absolute Gasteiger partial charge is 0.0797 e. The van der Waals surface area contributed by atoms with E-state index < -0.39 is 6.10 Å². The summed E-state index contributed by atoms with van der Waals surface area (Å²) in [5.74, 6) is 1.17. The van der Waals surface area contributed by atoms with E-state index >= 15 is 0 Å². The van der Waals surface area contributed by atoms with Gasteiger partial charge < -0.3 is 10.0 Å². The number of para-hydroxylation sites is 1. The van der Waals surface area contributed by atoms with Gasteiger partial charge in [0.2, 0.25) is 0 Å². The minimum atomic E-state index is -0.423. The zero-order valence-corrected chi connectivity index (χ0v) is 13.9. The fraction of sp³-hybridized carbons (Fsp3) is 0.450. The zero-order chi connectivity index (χ0) is 16.2. The van der Waals surface area contributed by atoms with E-state index in [2.05, 4.69) is 29.6 Å². The second-order valence-electron chi connectivity index (χ2n) is 6.72. The average molecular weight is 310 g/mol. The molecule has 23 heavy (non-hydrogen) atoms. The minimum Gasteiger partial charge on any atom is -0.388 e. The van der Waals surface area contributed by atoms with Crippen molar-refractivity contribution in [1.29, 1.82) is 0 Å². The van der Waals surface area contributed by atoms with E-state index in [0.29, 0.717) is 11.8 Å². The first-order chi connectivity index (χ1) is 11.2. The van der Waals surface area contributed by atoms with Gasteiger partial charge in [-0.2, -0.15) is 0 Å². The topological polar surface area (TPSA) is 36.4 Å². The molecule has 0 spiro atoms. The monoisotopic (exact) mass is 310 g/mol. The molecule has 2 aromatic rings. The summed E-state index contributed by atoms with van der Waals surface area (Å²) in [6.07, 6.45) is 6.50. The first-order valence-corrected chi connectivity index (χ1v) is 8.52. The number of aliphatic hydroxyl groups is 1. The van der Waals surface area contributed by atoms with Gasteiger partial charge in [0, 0.05) is 18.1 Å². The third kappa shape index (κ3) is 3.62. The van der Waals surface area contributed by atoms with Gasteiger partial charge >= 0.3 is 0 Å². The van der Waals surface area contributed by atoms with Crippen molar-refractivity contribution in [3.05, 3.63) is 54.7 Å². The highest BCUT2D eigenvalue weighted by atomic mass is 16.3. The fourth-order valence-electron chi connectivity index (χ4n) is 3.76. The van der Waals surface area contributed by atoms with Gasteiger partial charge in [0.1, 0.15) is 0 Å². The van der Waals surface area contributed by atoms with Crippen LogP contribution in [0, 0.1) is 11.8 Å². The second kappa shape index (κ2) is 7.24. The maximum Gasteiger partial charge on any atom is 0.0797 e. The Morgan fingerprint density at radius 2 is 2.22 bits per heavy atom. The molecule has 0 radical (unpaired) electrons. The maximum atomic E-state index is 10.7. The summed E-state index contributed by atoms with van der Waals surface area (Å²) >= 11 is 0. The van der Waals surface area contributed by atoms with Crippen LogP contribution in [0.3, 0.4) is 0 Å². The Morgan fingerprint density at radius 3 is 3.04 bits per heavy atom. The van der Waals surface area contributed by atoms with E-state index in [-0.39, 0.29) is 0 Å². The van der Waals surface area contributed by atoms with Gasteiger partial charge in [-0.3, -0.25) is 4.98 Å². The normalized spacial score (nSPS) is 23.7. The van der Waals surface area contributed by atoms with Crippen LogP contribution in [0.4, 0.5) is 0 Å². The Labute approximate surface area is 138 Å². The minimum absolute atomic E-state index is 0.423. The molecule has 0 amide bonds. The second-order valence-corrected chi connectivity index (χ2v) is 6.72. The molecule has 1 aromatic heterocycles. The predicted octanol–water partition coefficient (Wildman–Crippen LogP) is 3.80. The SMILES string of the molecule is C=C[C@H]1CN(C)CCC1CC[C@H](O)c1ccnc2ccccc12. The molecule has 3 nitrogen and oxygen atoms in total. The molecule has 1 unspecified atom stereocenters. The van der Waals surface area contributed by atoms with Crippen LogP contribution in [0.5, 0.6) is 0 Å². The van der Waals surface area contributed by atoms with Crippen molar-refractivity contribution in [2.45, 2.75) is 25.4 Å². The standard InChI is InChI=1S/C20H26N2O/c1-3-15-14-22(2)13-11-16(15)8-9-20(23)18-10-12-21-19-7-5-4-6-17(18)19/h3-7,10,12,15-16,20,23H,1,8-9,11,13-14H2,2H3/t15-,16?,20-/m0/s1.